The van der Waals surface area contributed by atoms with E-state index in [0.717, 1.165) is 21.2 Å². The van der Waals surface area contributed by atoms with Gasteiger partial charge in [0.2, 0.25) is 5.90 Å². The highest BCUT2D eigenvalue weighted by atomic mass is 79.9. The van der Waals surface area contributed by atoms with E-state index in [1.807, 2.05) is 55.5 Å². The quantitative estimate of drug-likeness (QED) is 0.609. The first-order valence-electron chi connectivity index (χ1n) is 6.47. The lowest BCUT2D eigenvalue weighted by atomic mass is 10.1. The van der Waals surface area contributed by atoms with Gasteiger partial charge in [0.15, 0.2) is 5.70 Å². The molecular weight excluding hydrogens is 330 g/mol. The van der Waals surface area contributed by atoms with Gasteiger partial charge < -0.3 is 4.74 Å². The van der Waals surface area contributed by atoms with E-state index in [9.17, 15) is 4.79 Å². The Labute approximate surface area is 131 Å². The van der Waals surface area contributed by atoms with Gasteiger partial charge in [-0.2, -0.15) is 0 Å². The maximum absolute atomic E-state index is 11.9. The van der Waals surface area contributed by atoms with E-state index in [-0.39, 0.29) is 0 Å². The molecule has 0 atom stereocenters. The number of esters is 1. The van der Waals surface area contributed by atoms with E-state index >= 15 is 0 Å². The first-order chi connectivity index (χ1) is 10.1. The topological polar surface area (TPSA) is 38.7 Å². The van der Waals surface area contributed by atoms with Crippen LogP contribution < -0.4 is 0 Å². The molecule has 0 N–H and O–H groups in total. The SMILES string of the molecule is Cc1cccc(/C=C2\N=C(c3ccccc3Br)OC2=O)c1. The van der Waals surface area contributed by atoms with Crippen LogP contribution in [0.1, 0.15) is 16.7 Å². The molecule has 4 heteroatoms. The number of nitrogens with zero attached hydrogens (tertiary/aromatic N) is 1. The van der Waals surface area contributed by atoms with E-state index in [4.69, 9.17) is 4.74 Å². The van der Waals surface area contributed by atoms with Crippen LogP contribution >= 0.6 is 15.9 Å². The van der Waals surface area contributed by atoms with E-state index in [2.05, 4.69) is 20.9 Å². The predicted octanol–water partition coefficient (Wildman–Crippen LogP) is 4.10. The van der Waals surface area contributed by atoms with Gasteiger partial charge >= 0.3 is 5.97 Å². The van der Waals surface area contributed by atoms with Crippen molar-refractivity contribution in [3.05, 3.63) is 75.4 Å². The maximum Gasteiger partial charge on any atom is 0.363 e. The Bertz CT molecular complexity index is 778. The third-order valence-electron chi connectivity index (χ3n) is 3.07. The molecule has 0 aromatic heterocycles. The van der Waals surface area contributed by atoms with Crippen LogP contribution in [0.4, 0.5) is 0 Å². The lowest BCUT2D eigenvalue weighted by Crippen LogP contribution is -2.05. The number of benzene rings is 2. The molecule has 0 amide bonds. The molecule has 0 spiro atoms. The standard InChI is InChI=1S/C17H12BrNO2/c1-11-5-4-6-12(9-11)10-15-17(20)21-16(19-15)13-7-2-3-8-14(13)18/h2-10H,1H3/b15-10-. The molecule has 2 aromatic carbocycles. The third kappa shape index (κ3) is 2.95. The van der Waals surface area contributed by atoms with Gasteiger partial charge in [-0.15, -0.1) is 0 Å². The van der Waals surface area contributed by atoms with Crippen molar-refractivity contribution >= 4 is 33.9 Å². The molecule has 0 fully saturated rings. The molecule has 0 radical (unpaired) electrons. The summed E-state index contributed by atoms with van der Waals surface area (Å²) < 4.78 is 6.10. The highest BCUT2D eigenvalue weighted by Gasteiger charge is 2.25. The van der Waals surface area contributed by atoms with Crippen molar-refractivity contribution in [2.75, 3.05) is 0 Å². The minimum Gasteiger partial charge on any atom is -0.402 e. The van der Waals surface area contributed by atoms with Gasteiger partial charge in [-0.25, -0.2) is 9.79 Å². The second-order valence-corrected chi connectivity index (χ2v) is 5.58. The molecule has 104 valence electrons. The summed E-state index contributed by atoms with van der Waals surface area (Å²) in [5, 5.41) is 0. The number of aliphatic imine (C=N–C) groups is 1. The number of carbonyl (C=O) groups excluding carboxylic acids is 1. The molecule has 0 unspecified atom stereocenters. The summed E-state index contributed by atoms with van der Waals surface area (Å²) in [6.45, 7) is 2.00. The van der Waals surface area contributed by atoms with E-state index in [1.54, 1.807) is 6.08 Å². The highest BCUT2D eigenvalue weighted by molar-refractivity contribution is 9.10. The summed E-state index contributed by atoms with van der Waals surface area (Å²) in [7, 11) is 0. The van der Waals surface area contributed by atoms with Crippen molar-refractivity contribution in [1.29, 1.82) is 0 Å². The van der Waals surface area contributed by atoms with Crippen molar-refractivity contribution in [3.8, 4) is 0 Å². The van der Waals surface area contributed by atoms with Crippen LogP contribution in [0.3, 0.4) is 0 Å². The summed E-state index contributed by atoms with van der Waals surface area (Å²) >= 11 is 3.43. The molecule has 1 aliphatic heterocycles. The number of ether oxygens (including phenoxy) is 1. The Morgan fingerprint density at radius 1 is 1.14 bits per heavy atom. The number of rotatable bonds is 2. The van der Waals surface area contributed by atoms with Crippen molar-refractivity contribution < 1.29 is 9.53 Å². The molecule has 0 saturated carbocycles. The molecule has 0 bridgehead atoms. The number of hydrogen-bond donors (Lipinski definition) is 0. The monoisotopic (exact) mass is 341 g/mol. The van der Waals surface area contributed by atoms with Crippen LogP contribution in [0.15, 0.2) is 63.7 Å². The maximum atomic E-state index is 11.9. The Kier molecular flexibility index (Phi) is 3.71. The van der Waals surface area contributed by atoms with Crippen LogP contribution in [-0.4, -0.2) is 11.9 Å². The molecule has 0 saturated heterocycles. The minimum atomic E-state index is -0.428. The number of aryl methyl sites for hydroxylation is 1. The van der Waals surface area contributed by atoms with Crippen molar-refractivity contribution in [2.45, 2.75) is 6.92 Å². The van der Waals surface area contributed by atoms with E-state index < -0.39 is 5.97 Å². The van der Waals surface area contributed by atoms with Gasteiger partial charge in [0.25, 0.3) is 0 Å². The lowest BCUT2D eigenvalue weighted by Gasteiger charge is -2.01. The van der Waals surface area contributed by atoms with Crippen molar-refractivity contribution in [1.82, 2.24) is 0 Å². The summed E-state index contributed by atoms with van der Waals surface area (Å²) in [5.41, 5.74) is 3.13. The first kappa shape index (κ1) is 13.8. The Morgan fingerprint density at radius 2 is 1.95 bits per heavy atom. The molecule has 2 aromatic rings. The van der Waals surface area contributed by atoms with Crippen molar-refractivity contribution in [3.63, 3.8) is 0 Å². The third-order valence-corrected chi connectivity index (χ3v) is 3.76. The van der Waals surface area contributed by atoms with Gasteiger partial charge in [-0.1, -0.05) is 42.0 Å². The number of hydrogen-bond acceptors (Lipinski definition) is 3. The molecule has 0 aliphatic carbocycles. The van der Waals surface area contributed by atoms with Gasteiger partial charge in [0.05, 0.1) is 5.56 Å². The zero-order chi connectivity index (χ0) is 14.8. The largest absolute Gasteiger partial charge is 0.402 e. The first-order valence-corrected chi connectivity index (χ1v) is 7.27. The molecule has 1 heterocycles. The van der Waals surface area contributed by atoms with Gasteiger partial charge in [-0.3, -0.25) is 0 Å². The average Bonchev–Trinajstić information content (AvgIpc) is 2.80. The Hall–Kier alpha value is -2.20. The Balaban J connectivity index is 1.98. The minimum absolute atomic E-state index is 0.311. The molecule has 21 heavy (non-hydrogen) atoms. The molecule has 3 rings (SSSR count). The van der Waals surface area contributed by atoms with Crippen LogP contribution in [0.2, 0.25) is 0 Å². The summed E-state index contributed by atoms with van der Waals surface area (Å²) in [5.74, 6) is -0.103. The zero-order valence-electron chi connectivity index (χ0n) is 11.3. The van der Waals surface area contributed by atoms with E-state index in [0.29, 0.717) is 11.6 Å². The van der Waals surface area contributed by atoms with E-state index in [1.165, 1.54) is 0 Å². The number of cyclic esters (lactones) is 1. The second-order valence-electron chi connectivity index (χ2n) is 4.73. The van der Waals surface area contributed by atoms with Gasteiger partial charge in [0, 0.05) is 4.47 Å². The van der Waals surface area contributed by atoms with Crippen LogP contribution in [0.5, 0.6) is 0 Å². The summed E-state index contributed by atoms with van der Waals surface area (Å²) in [6.07, 6.45) is 1.74. The number of carbonyl (C=O) groups is 1. The molecule has 1 aliphatic rings. The zero-order valence-corrected chi connectivity index (χ0v) is 12.9. The fourth-order valence-corrected chi connectivity index (χ4v) is 2.53. The smallest absolute Gasteiger partial charge is 0.363 e. The van der Waals surface area contributed by atoms with Gasteiger partial charge in [0.1, 0.15) is 0 Å². The normalized spacial score (nSPS) is 16.0. The fraction of sp³-hybridized carbons (Fsp3) is 0.0588. The van der Waals surface area contributed by atoms with Crippen LogP contribution in [0.25, 0.3) is 6.08 Å². The van der Waals surface area contributed by atoms with Crippen molar-refractivity contribution in [2.24, 2.45) is 4.99 Å². The lowest BCUT2D eigenvalue weighted by molar-refractivity contribution is -0.129. The predicted molar refractivity (Wildman–Crippen MR) is 85.9 cm³/mol. The molecular formula is C17H12BrNO2. The van der Waals surface area contributed by atoms with Crippen LogP contribution in [-0.2, 0) is 9.53 Å². The average molecular weight is 342 g/mol. The molecule has 3 nitrogen and oxygen atoms in total. The summed E-state index contributed by atoms with van der Waals surface area (Å²) in [6, 6.07) is 15.4. The summed E-state index contributed by atoms with van der Waals surface area (Å²) in [4.78, 5) is 16.2. The highest BCUT2D eigenvalue weighted by Crippen LogP contribution is 2.23. The fourth-order valence-electron chi connectivity index (χ4n) is 2.08. The Morgan fingerprint density at radius 3 is 2.71 bits per heavy atom. The van der Waals surface area contributed by atoms with Crippen LogP contribution in [0, 0.1) is 6.92 Å². The second kappa shape index (κ2) is 5.66. The number of halogens is 1. The van der Waals surface area contributed by atoms with Gasteiger partial charge in [-0.05, 0) is 46.6 Å².